The number of carbonyl (C=O) groups is 1. The van der Waals surface area contributed by atoms with Crippen molar-refractivity contribution in [3.63, 3.8) is 0 Å². The fraction of sp³-hybridized carbons (Fsp3) is 0.130. The molecule has 0 radical (unpaired) electrons. The molecule has 31 heavy (non-hydrogen) atoms. The van der Waals surface area contributed by atoms with Crippen LogP contribution in [0.3, 0.4) is 0 Å². The predicted octanol–water partition coefficient (Wildman–Crippen LogP) is 3.35. The summed E-state index contributed by atoms with van der Waals surface area (Å²) in [5.74, 6) is 0.0275. The topological polar surface area (TPSA) is 88.1 Å². The Morgan fingerprint density at radius 1 is 1.00 bits per heavy atom. The molecule has 160 valence electrons. The molecule has 0 saturated heterocycles. The molecular weight excluding hydrogens is 414 g/mol. The lowest BCUT2D eigenvalue weighted by Crippen LogP contribution is -2.39. The summed E-state index contributed by atoms with van der Waals surface area (Å²) in [6, 6.07) is 22.1. The van der Waals surface area contributed by atoms with E-state index in [4.69, 9.17) is 4.74 Å². The van der Waals surface area contributed by atoms with Crippen LogP contribution < -0.4 is 14.5 Å². The number of para-hydroxylation sites is 1. The van der Waals surface area contributed by atoms with E-state index in [1.165, 1.54) is 18.3 Å². The van der Waals surface area contributed by atoms with Gasteiger partial charge < -0.3 is 4.74 Å². The highest BCUT2D eigenvalue weighted by atomic mass is 32.2. The summed E-state index contributed by atoms with van der Waals surface area (Å²) in [4.78, 5) is 12.7. The van der Waals surface area contributed by atoms with Gasteiger partial charge in [0.1, 0.15) is 12.3 Å². The molecule has 0 fully saturated rings. The van der Waals surface area contributed by atoms with Crippen molar-refractivity contribution in [3.8, 4) is 5.75 Å². The molecule has 3 aromatic carbocycles. The third kappa shape index (κ3) is 5.49. The number of hydrogen-bond donors (Lipinski definition) is 1. The molecule has 0 unspecified atom stereocenters. The Hall–Kier alpha value is -3.65. The number of methoxy groups -OCH3 is 1. The summed E-state index contributed by atoms with van der Waals surface area (Å²) in [6.07, 6.45) is 1.44. The van der Waals surface area contributed by atoms with Crippen LogP contribution in [0.5, 0.6) is 5.75 Å². The Morgan fingerprint density at radius 3 is 2.32 bits per heavy atom. The van der Waals surface area contributed by atoms with E-state index in [9.17, 15) is 13.2 Å². The van der Waals surface area contributed by atoms with Crippen LogP contribution in [0, 0.1) is 6.92 Å². The number of anilines is 1. The molecule has 3 rings (SSSR count). The zero-order valence-corrected chi connectivity index (χ0v) is 18.0. The van der Waals surface area contributed by atoms with Crippen LogP contribution in [0.25, 0.3) is 0 Å². The van der Waals surface area contributed by atoms with Crippen molar-refractivity contribution >= 4 is 27.8 Å². The number of ether oxygens (including phenoxy) is 1. The summed E-state index contributed by atoms with van der Waals surface area (Å²) in [6.45, 7) is 1.47. The number of hydrogen-bond acceptors (Lipinski definition) is 5. The fourth-order valence-corrected chi connectivity index (χ4v) is 4.30. The summed E-state index contributed by atoms with van der Waals surface area (Å²) in [5.41, 5.74) is 4.43. The molecule has 0 spiro atoms. The molecule has 0 aliphatic heterocycles. The molecule has 0 aliphatic rings. The normalized spacial score (nSPS) is 11.3. The molecule has 1 N–H and O–H groups in total. The average Bonchev–Trinajstić information content (AvgIpc) is 2.79. The van der Waals surface area contributed by atoms with Gasteiger partial charge in [0.05, 0.1) is 23.9 Å². The van der Waals surface area contributed by atoms with Crippen molar-refractivity contribution < 1.29 is 17.9 Å². The molecule has 0 aliphatic carbocycles. The number of carbonyl (C=O) groups excluding carboxylic acids is 1. The van der Waals surface area contributed by atoms with Gasteiger partial charge in [-0.15, -0.1) is 0 Å². The number of amides is 1. The molecule has 0 saturated carbocycles. The van der Waals surface area contributed by atoms with Gasteiger partial charge in [0.15, 0.2) is 0 Å². The first kappa shape index (κ1) is 22.0. The molecule has 0 atom stereocenters. The minimum Gasteiger partial charge on any atom is -0.496 e. The van der Waals surface area contributed by atoms with Crippen LogP contribution in [-0.2, 0) is 14.8 Å². The SMILES string of the molecule is COc1ccccc1/C=N/NC(=O)CN(c1ccc(C)cc1)S(=O)(=O)c1ccccc1. The van der Waals surface area contributed by atoms with Crippen LogP contribution in [0.15, 0.2) is 88.9 Å². The first-order valence-electron chi connectivity index (χ1n) is 9.51. The Bertz CT molecular complexity index is 1160. The molecule has 1 amide bonds. The maximum absolute atomic E-state index is 13.2. The third-order valence-corrected chi connectivity index (χ3v) is 6.26. The fourth-order valence-electron chi connectivity index (χ4n) is 2.86. The summed E-state index contributed by atoms with van der Waals surface area (Å²) < 4.78 is 32.7. The minimum atomic E-state index is -3.95. The largest absolute Gasteiger partial charge is 0.496 e. The standard InChI is InChI=1S/C23H23N3O4S/c1-18-12-14-20(15-13-18)26(31(28,29)21-9-4-3-5-10-21)17-23(27)25-24-16-19-8-6-7-11-22(19)30-2/h3-16H,17H2,1-2H3,(H,25,27)/b24-16+. The Labute approximate surface area is 182 Å². The number of nitrogens with one attached hydrogen (secondary N) is 1. The molecule has 3 aromatic rings. The Balaban J connectivity index is 1.82. The average molecular weight is 438 g/mol. The van der Waals surface area contributed by atoms with E-state index in [0.29, 0.717) is 17.0 Å². The van der Waals surface area contributed by atoms with Gasteiger partial charge in [0.2, 0.25) is 0 Å². The lowest BCUT2D eigenvalue weighted by Gasteiger charge is -2.23. The number of benzene rings is 3. The molecule has 0 aromatic heterocycles. The Morgan fingerprint density at radius 2 is 1.65 bits per heavy atom. The van der Waals surface area contributed by atoms with Gasteiger partial charge in [-0.3, -0.25) is 9.10 Å². The number of sulfonamides is 1. The van der Waals surface area contributed by atoms with Crippen LogP contribution >= 0.6 is 0 Å². The van der Waals surface area contributed by atoms with Crippen molar-refractivity contribution in [1.29, 1.82) is 0 Å². The van der Waals surface area contributed by atoms with Crippen LogP contribution in [0.4, 0.5) is 5.69 Å². The second-order valence-corrected chi connectivity index (χ2v) is 8.56. The lowest BCUT2D eigenvalue weighted by molar-refractivity contribution is -0.119. The number of aryl methyl sites for hydroxylation is 1. The van der Waals surface area contributed by atoms with E-state index in [0.717, 1.165) is 9.87 Å². The number of hydrazone groups is 1. The van der Waals surface area contributed by atoms with Crippen LogP contribution in [0.2, 0.25) is 0 Å². The van der Waals surface area contributed by atoms with Gasteiger partial charge in [-0.2, -0.15) is 5.10 Å². The first-order valence-corrected chi connectivity index (χ1v) is 10.9. The summed E-state index contributed by atoms with van der Waals surface area (Å²) in [5, 5.41) is 3.94. The van der Waals surface area contributed by atoms with E-state index >= 15 is 0 Å². The Kier molecular flexibility index (Phi) is 7.04. The highest BCUT2D eigenvalue weighted by Gasteiger charge is 2.27. The van der Waals surface area contributed by atoms with Crippen molar-refractivity contribution in [1.82, 2.24) is 5.43 Å². The van der Waals surface area contributed by atoms with Gasteiger partial charge in [0, 0.05) is 5.56 Å². The first-order chi connectivity index (χ1) is 14.9. The zero-order valence-electron chi connectivity index (χ0n) is 17.2. The maximum Gasteiger partial charge on any atom is 0.264 e. The molecule has 0 heterocycles. The van der Waals surface area contributed by atoms with Gasteiger partial charge in [-0.05, 0) is 43.3 Å². The molecule has 8 heteroatoms. The quantitative estimate of drug-likeness (QED) is 0.432. The highest BCUT2D eigenvalue weighted by molar-refractivity contribution is 7.92. The van der Waals surface area contributed by atoms with Gasteiger partial charge >= 0.3 is 0 Å². The van der Waals surface area contributed by atoms with E-state index in [-0.39, 0.29) is 4.90 Å². The monoisotopic (exact) mass is 437 g/mol. The van der Waals surface area contributed by atoms with Crippen molar-refractivity contribution in [2.75, 3.05) is 18.0 Å². The van der Waals surface area contributed by atoms with Crippen molar-refractivity contribution in [3.05, 3.63) is 90.0 Å². The van der Waals surface area contributed by atoms with E-state index in [1.807, 2.05) is 19.1 Å². The molecular formula is C23H23N3O4S. The van der Waals surface area contributed by atoms with Gasteiger partial charge in [-0.25, -0.2) is 13.8 Å². The van der Waals surface area contributed by atoms with Gasteiger partial charge in [0.25, 0.3) is 15.9 Å². The smallest absolute Gasteiger partial charge is 0.264 e. The lowest BCUT2D eigenvalue weighted by atomic mass is 10.2. The minimum absolute atomic E-state index is 0.0981. The van der Waals surface area contributed by atoms with E-state index in [1.54, 1.807) is 61.7 Å². The van der Waals surface area contributed by atoms with E-state index in [2.05, 4.69) is 10.5 Å². The molecule has 7 nitrogen and oxygen atoms in total. The third-order valence-electron chi connectivity index (χ3n) is 4.47. The van der Waals surface area contributed by atoms with Crippen molar-refractivity contribution in [2.45, 2.75) is 11.8 Å². The molecule has 0 bridgehead atoms. The number of rotatable bonds is 8. The predicted molar refractivity (Wildman–Crippen MR) is 121 cm³/mol. The maximum atomic E-state index is 13.2. The van der Waals surface area contributed by atoms with Gasteiger partial charge in [-0.1, -0.05) is 48.0 Å². The highest BCUT2D eigenvalue weighted by Crippen LogP contribution is 2.23. The second kappa shape index (κ2) is 9.90. The van der Waals surface area contributed by atoms with E-state index < -0.39 is 22.5 Å². The summed E-state index contributed by atoms with van der Waals surface area (Å²) in [7, 11) is -2.41. The number of nitrogens with zero attached hydrogens (tertiary/aromatic N) is 2. The zero-order chi connectivity index (χ0) is 22.3. The second-order valence-electron chi connectivity index (χ2n) is 6.70. The van der Waals surface area contributed by atoms with Crippen molar-refractivity contribution in [2.24, 2.45) is 5.10 Å². The van der Waals surface area contributed by atoms with Crippen LogP contribution in [-0.4, -0.2) is 34.2 Å². The van der Waals surface area contributed by atoms with Crippen LogP contribution in [0.1, 0.15) is 11.1 Å². The summed E-state index contributed by atoms with van der Waals surface area (Å²) >= 11 is 0.